The van der Waals surface area contributed by atoms with Gasteiger partial charge in [-0.3, -0.25) is 0 Å². The number of methoxy groups -OCH3 is 1. The van der Waals surface area contributed by atoms with Crippen LogP contribution in [0.1, 0.15) is 22.3 Å². The minimum absolute atomic E-state index is 0.285. The van der Waals surface area contributed by atoms with Gasteiger partial charge in [0.15, 0.2) is 0 Å². The average Bonchev–Trinajstić information content (AvgIpc) is 3.14. The van der Waals surface area contributed by atoms with Gasteiger partial charge in [0.2, 0.25) is 0 Å². The highest BCUT2D eigenvalue weighted by atomic mass is 16.6. The van der Waals surface area contributed by atoms with Crippen molar-refractivity contribution in [3.05, 3.63) is 163 Å². The van der Waals surface area contributed by atoms with Gasteiger partial charge in [-0.25, -0.2) is 0 Å². The van der Waals surface area contributed by atoms with Crippen LogP contribution in [0.2, 0.25) is 0 Å². The number of benzene rings is 4. The minimum atomic E-state index is -0.596. The molecule has 0 bridgehead atoms. The van der Waals surface area contributed by atoms with Crippen molar-refractivity contribution < 1.29 is 33.2 Å². The Morgan fingerprint density at radius 3 is 1.00 bits per heavy atom. The van der Waals surface area contributed by atoms with E-state index in [1.165, 1.54) is 0 Å². The first-order valence-corrected chi connectivity index (χ1v) is 16.4. The Kier molecular flexibility index (Phi) is 14.0. The molecule has 0 saturated heterocycles. The summed E-state index contributed by atoms with van der Waals surface area (Å²) in [5.41, 5.74) is 4.07. The summed E-state index contributed by atoms with van der Waals surface area (Å²) in [4.78, 5) is 0. The molecule has 0 N–H and O–H groups in total. The smallest absolute Gasteiger partial charge is 0.118 e. The first-order valence-electron chi connectivity index (χ1n) is 16.4. The van der Waals surface area contributed by atoms with E-state index >= 15 is 0 Å². The van der Waals surface area contributed by atoms with Crippen LogP contribution in [0, 0.1) is 0 Å². The summed E-state index contributed by atoms with van der Waals surface area (Å²) in [6.07, 6.45) is -0.0545. The third-order valence-electron chi connectivity index (χ3n) is 8.21. The molecule has 1 aliphatic carbocycles. The van der Waals surface area contributed by atoms with Crippen LogP contribution in [0.4, 0.5) is 0 Å². The molecule has 0 radical (unpaired) electrons. The van der Waals surface area contributed by atoms with Crippen molar-refractivity contribution in [1.82, 2.24) is 0 Å². The Bertz CT molecular complexity index is 1480. The van der Waals surface area contributed by atoms with Gasteiger partial charge in [0.05, 0.1) is 46.8 Å². The molecule has 4 aromatic rings. The average molecular weight is 651 g/mol. The van der Waals surface area contributed by atoms with Crippen LogP contribution in [0.25, 0.3) is 0 Å². The first kappa shape index (κ1) is 35.2. The van der Waals surface area contributed by atoms with Crippen LogP contribution < -0.4 is 4.74 Å². The molecule has 1 aliphatic rings. The normalized spacial score (nSPS) is 22.2. The maximum absolute atomic E-state index is 6.81. The fourth-order valence-corrected chi connectivity index (χ4v) is 5.83. The Hall–Kier alpha value is -4.08. The Labute approximate surface area is 284 Å². The van der Waals surface area contributed by atoms with E-state index in [0.29, 0.717) is 26.4 Å². The second kappa shape index (κ2) is 19.1. The molecule has 6 atom stereocenters. The van der Waals surface area contributed by atoms with Crippen molar-refractivity contribution in [2.24, 2.45) is 0 Å². The second-order valence-corrected chi connectivity index (χ2v) is 11.6. The largest absolute Gasteiger partial charge is 0.497 e. The van der Waals surface area contributed by atoms with Crippen molar-refractivity contribution in [2.75, 3.05) is 20.3 Å². The number of hydrogen-bond donors (Lipinski definition) is 0. The lowest BCUT2D eigenvalue weighted by Gasteiger charge is -2.49. The van der Waals surface area contributed by atoms with Gasteiger partial charge in [-0.05, 0) is 34.4 Å². The Morgan fingerprint density at radius 1 is 0.417 bits per heavy atom. The van der Waals surface area contributed by atoms with Crippen LogP contribution in [0.5, 0.6) is 5.75 Å². The topological polar surface area (TPSA) is 64.6 Å². The SMILES string of the molecule is C=CCO[C@@H]1[C@@H](OCc2ccccc2)[C@H](OCC=C)[C@H](OCc2ccccc2)[C@H](OCc2ccccc2)[C@H]1OCc1ccc(OC)cc1. The summed E-state index contributed by atoms with van der Waals surface area (Å²) in [5.74, 6) is 0.777. The molecule has 5 rings (SSSR count). The van der Waals surface area contributed by atoms with Crippen molar-refractivity contribution in [2.45, 2.75) is 63.1 Å². The van der Waals surface area contributed by atoms with E-state index < -0.39 is 36.6 Å². The van der Waals surface area contributed by atoms with E-state index in [1.807, 2.05) is 115 Å². The molecule has 0 heterocycles. The molecule has 252 valence electrons. The van der Waals surface area contributed by atoms with E-state index in [0.717, 1.165) is 28.0 Å². The van der Waals surface area contributed by atoms with Crippen LogP contribution in [0.15, 0.2) is 141 Å². The monoisotopic (exact) mass is 650 g/mol. The quantitative estimate of drug-likeness (QED) is 0.0975. The van der Waals surface area contributed by atoms with E-state index in [1.54, 1.807) is 19.3 Å². The molecule has 48 heavy (non-hydrogen) atoms. The third kappa shape index (κ3) is 9.97. The standard InChI is InChI=1S/C41H46O7/c1-4-25-43-36-38(45-27-31-15-9-6-10-16-31)37(44-26-5-2)40(48-30-34-21-23-35(42-3)24-22-34)41(47-29-33-19-13-8-14-20-33)39(36)46-28-32-17-11-7-12-18-32/h4-24,36-41H,1-2,25-30H2,3H3/t36-,37+,38-,39-,40-,41-/m0/s1. The van der Waals surface area contributed by atoms with Gasteiger partial charge in [0.1, 0.15) is 42.4 Å². The summed E-state index contributed by atoms with van der Waals surface area (Å²) in [5, 5.41) is 0. The lowest BCUT2D eigenvalue weighted by molar-refractivity contribution is -0.286. The fraction of sp³-hybridized carbons (Fsp3) is 0.317. The molecular formula is C41H46O7. The molecule has 1 saturated carbocycles. The zero-order valence-corrected chi connectivity index (χ0v) is 27.6. The molecule has 0 aliphatic heterocycles. The minimum Gasteiger partial charge on any atom is -0.497 e. The predicted molar refractivity (Wildman–Crippen MR) is 187 cm³/mol. The summed E-state index contributed by atoms with van der Waals surface area (Å²) >= 11 is 0. The lowest BCUT2D eigenvalue weighted by atomic mass is 9.83. The molecule has 0 amide bonds. The Morgan fingerprint density at radius 2 is 0.708 bits per heavy atom. The van der Waals surface area contributed by atoms with Crippen molar-refractivity contribution in [3.8, 4) is 5.75 Å². The van der Waals surface area contributed by atoms with Crippen LogP contribution in [-0.4, -0.2) is 56.9 Å². The van der Waals surface area contributed by atoms with Gasteiger partial charge < -0.3 is 33.2 Å². The maximum atomic E-state index is 6.81. The molecular weight excluding hydrogens is 604 g/mol. The summed E-state index contributed by atoms with van der Waals surface area (Å²) in [6, 6.07) is 38.0. The first-order chi connectivity index (χ1) is 23.7. The fourth-order valence-electron chi connectivity index (χ4n) is 5.83. The predicted octanol–water partition coefficient (Wildman–Crippen LogP) is 7.49. The molecule has 4 aromatic carbocycles. The molecule has 1 fully saturated rings. The van der Waals surface area contributed by atoms with Crippen molar-refractivity contribution in [3.63, 3.8) is 0 Å². The van der Waals surface area contributed by atoms with E-state index in [2.05, 4.69) is 13.2 Å². The highest BCUT2D eigenvalue weighted by molar-refractivity contribution is 5.27. The van der Waals surface area contributed by atoms with Gasteiger partial charge in [-0.1, -0.05) is 115 Å². The van der Waals surface area contributed by atoms with Crippen LogP contribution >= 0.6 is 0 Å². The van der Waals surface area contributed by atoms with E-state index in [-0.39, 0.29) is 13.2 Å². The van der Waals surface area contributed by atoms with Gasteiger partial charge in [0, 0.05) is 0 Å². The summed E-state index contributed by atoms with van der Waals surface area (Å²) < 4.78 is 45.6. The molecule has 0 unspecified atom stereocenters. The van der Waals surface area contributed by atoms with Crippen LogP contribution in [0.3, 0.4) is 0 Å². The molecule has 0 spiro atoms. The van der Waals surface area contributed by atoms with Gasteiger partial charge >= 0.3 is 0 Å². The summed E-state index contributed by atoms with van der Waals surface area (Å²) in [6.45, 7) is 9.76. The molecule has 7 heteroatoms. The number of hydrogen-bond acceptors (Lipinski definition) is 7. The molecule has 7 nitrogen and oxygen atoms in total. The van der Waals surface area contributed by atoms with Crippen molar-refractivity contribution in [1.29, 1.82) is 0 Å². The summed E-state index contributed by atoms with van der Waals surface area (Å²) in [7, 11) is 1.65. The highest BCUT2D eigenvalue weighted by Crippen LogP contribution is 2.36. The lowest BCUT2D eigenvalue weighted by Crippen LogP contribution is -2.67. The van der Waals surface area contributed by atoms with Gasteiger partial charge in [-0.2, -0.15) is 0 Å². The van der Waals surface area contributed by atoms with E-state index in [4.69, 9.17) is 33.2 Å². The van der Waals surface area contributed by atoms with Crippen LogP contribution in [-0.2, 0) is 54.8 Å². The Balaban J connectivity index is 1.53. The zero-order chi connectivity index (χ0) is 33.4. The van der Waals surface area contributed by atoms with Gasteiger partial charge in [0.25, 0.3) is 0 Å². The number of rotatable bonds is 19. The van der Waals surface area contributed by atoms with Gasteiger partial charge in [-0.15, -0.1) is 13.2 Å². The zero-order valence-electron chi connectivity index (χ0n) is 27.6. The molecule has 0 aromatic heterocycles. The maximum Gasteiger partial charge on any atom is 0.118 e. The van der Waals surface area contributed by atoms with Crippen molar-refractivity contribution >= 4 is 0 Å². The van der Waals surface area contributed by atoms with E-state index in [9.17, 15) is 0 Å². The second-order valence-electron chi connectivity index (χ2n) is 11.6. The number of ether oxygens (including phenoxy) is 7. The third-order valence-corrected chi connectivity index (χ3v) is 8.21. The highest BCUT2D eigenvalue weighted by Gasteiger charge is 2.55.